The minimum atomic E-state index is 0.148. The molecule has 1 aliphatic carbocycles. The Kier molecular flexibility index (Phi) is 2.26. The van der Waals surface area contributed by atoms with Crippen LogP contribution in [0.3, 0.4) is 0 Å². The molecule has 0 radical (unpaired) electrons. The summed E-state index contributed by atoms with van der Waals surface area (Å²) in [7, 11) is 0. The lowest BCUT2D eigenvalue weighted by molar-refractivity contribution is -0.109. The summed E-state index contributed by atoms with van der Waals surface area (Å²) in [5.74, 6) is 0.608. The number of rotatable bonds is 2. The van der Waals surface area contributed by atoms with Crippen LogP contribution in [-0.4, -0.2) is 6.29 Å². The lowest BCUT2D eigenvalue weighted by Crippen LogP contribution is -1.90. The maximum absolute atomic E-state index is 10.8. The summed E-state index contributed by atoms with van der Waals surface area (Å²) in [6, 6.07) is 8.26. The van der Waals surface area contributed by atoms with E-state index in [9.17, 15) is 4.79 Å². The van der Waals surface area contributed by atoms with Gasteiger partial charge >= 0.3 is 0 Å². The van der Waals surface area contributed by atoms with E-state index in [2.05, 4.69) is 41.9 Å². The zero-order chi connectivity index (χ0) is 10.3. The molecule has 2 unspecified atom stereocenters. The van der Waals surface area contributed by atoms with Crippen LogP contribution in [0.15, 0.2) is 28.7 Å². The Hall–Kier alpha value is -0.630. The minimum Gasteiger partial charge on any atom is -0.303 e. The van der Waals surface area contributed by atoms with E-state index in [-0.39, 0.29) is 11.3 Å². The van der Waals surface area contributed by atoms with Gasteiger partial charge in [-0.2, -0.15) is 0 Å². The second-order valence-corrected chi connectivity index (χ2v) is 5.43. The molecule has 0 bridgehead atoms. The molecule has 0 aliphatic heterocycles. The van der Waals surface area contributed by atoms with E-state index >= 15 is 0 Å². The maximum atomic E-state index is 10.8. The molecule has 2 rings (SSSR count). The minimum absolute atomic E-state index is 0.148. The van der Waals surface area contributed by atoms with Crippen molar-refractivity contribution in [3.05, 3.63) is 34.3 Å². The molecule has 1 aliphatic rings. The van der Waals surface area contributed by atoms with Gasteiger partial charge in [0.2, 0.25) is 0 Å². The Morgan fingerprint density at radius 2 is 1.86 bits per heavy atom. The molecule has 1 nitrogen and oxygen atoms in total. The molecule has 0 spiro atoms. The normalized spacial score (nSPS) is 28.5. The first kappa shape index (κ1) is 9.91. The first-order chi connectivity index (χ1) is 6.57. The van der Waals surface area contributed by atoms with Crippen molar-refractivity contribution in [1.29, 1.82) is 0 Å². The van der Waals surface area contributed by atoms with Gasteiger partial charge in [-0.3, -0.25) is 0 Å². The van der Waals surface area contributed by atoms with Crippen molar-refractivity contribution in [2.75, 3.05) is 0 Å². The second kappa shape index (κ2) is 3.20. The van der Waals surface area contributed by atoms with Crippen molar-refractivity contribution in [3.63, 3.8) is 0 Å². The summed E-state index contributed by atoms with van der Waals surface area (Å²) in [6.45, 7) is 4.30. The van der Waals surface area contributed by atoms with E-state index in [1.54, 1.807) is 0 Å². The van der Waals surface area contributed by atoms with Gasteiger partial charge in [0.1, 0.15) is 6.29 Å². The predicted molar refractivity (Wildman–Crippen MR) is 60.2 cm³/mol. The quantitative estimate of drug-likeness (QED) is 0.738. The van der Waals surface area contributed by atoms with Gasteiger partial charge in [-0.05, 0) is 29.0 Å². The Balaban J connectivity index is 2.26. The fraction of sp³-hybridized carbons (Fsp3) is 0.417. The van der Waals surface area contributed by atoms with Gasteiger partial charge < -0.3 is 4.79 Å². The molecule has 1 aromatic carbocycles. The van der Waals surface area contributed by atoms with E-state index < -0.39 is 0 Å². The van der Waals surface area contributed by atoms with Crippen LogP contribution < -0.4 is 0 Å². The molecule has 2 heteroatoms. The number of carbonyl (C=O) groups excluding carboxylic acids is 1. The lowest BCUT2D eigenvalue weighted by atomic mass is 10.0. The third-order valence-corrected chi connectivity index (χ3v) is 3.82. The van der Waals surface area contributed by atoms with Crippen LogP contribution in [0.5, 0.6) is 0 Å². The van der Waals surface area contributed by atoms with Crippen molar-refractivity contribution in [2.45, 2.75) is 19.8 Å². The predicted octanol–water partition coefficient (Wildman–Crippen LogP) is 3.39. The summed E-state index contributed by atoms with van der Waals surface area (Å²) < 4.78 is 1.09. The molecule has 2 atom stereocenters. The molecule has 0 heterocycles. The average molecular weight is 253 g/mol. The van der Waals surface area contributed by atoms with Gasteiger partial charge in [0.25, 0.3) is 0 Å². The van der Waals surface area contributed by atoms with Crippen LogP contribution >= 0.6 is 15.9 Å². The highest BCUT2D eigenvalue weighted by Gasteiger charge is 2.58. The number of aldehydes is 1. The van der Waals surface area contributed by atoms with E-state index in [1.165, 1.54) is 5.56 Å². The summed E-state index contributed by atoms with van der Waals surface area (Å²) in [4.78, 5) is 10.8. The third kappa shape index (κ3) is 1.42. The van der Waals surface area contributed by atoms with Gasteiger partial charge in [0.05, 0.1) is 0 Å². The lowest BCUT2D eigenvalue weighted by Gasteiger charge is -2.02. The van der Waals surface area contributed by atoms with Gasteiger partial charge in [-0.15, -0.1) is 0 Å². The number of hydrogen-bond donors (Lipinski definition) is 0. The maximum Gasteiger partial charge on any atom is 0.124 e. The zero-order valence-corrected chi connectivity index (χ0v) is 9.91. The topological polar surface area (TPSA) is 17.1 Å². The van der Waals surface area contributed by atoms with Gasteiger partial charge in [0, 0.05) is 10.4 Å². The SMILES string of the molecule is CC1(C)C(C=O)C1c1ccc(Br)cc1. The number of benzene rings is 1. The zero-order valence-electron chi connectivity index (χ0n) is 8.33. The second-order valence-electron chi connectivity index (χ2n) is 4.51. The molecule has 1 saturated carbocycles. The third-order valence-electron chi connectivity index (χ3n) is 3.29. The highest BCUT2D eigenvalue weighted by atomic mass is 79.9. The van der Waals surface area contributed by atoms with Crippen LogP contribution in [0.1, 0.15) is 25.3 Å². The van der Waals surface area contributed by atoms with Gasteiger partial charge in [-0.1, -0.05) is 41.9 Å². The summed E-state index contributed by atoms with van der Waals surface area (Å²) in [5.41, 5.74) is 1.42. The van der Waals surface area contributed by atoms with Crippen LogP contribution in [0.2, 0.25) is 0 Å². The molecule has 14 heavy (non-hydrogen) atoms. The molecule has 0 saturated heterocycles. The fourth-order valence-corrected chi connectivity index (χ4v) is 2.50. The van der Waals surface area contributed by atoms with Crippen molar-refractivity contribution in [2.24, 2.45) is 11.3 Å². The summed E-state index contributed by atoms with van der Waals surface area (Å²) in [5, 5.41) is 0. The van der Waals surface area contributed by atoms with Crippen LogP contribution in [0.25, 0.3) is 0 Å². The Bertz CT molecular complexity index is 353. The van der Waals surface area contributed by atoms with Gasteiger partial charge in [0.15, 0.2) is 0 Å². The summed E-state index contributed by atoms with van der Waals surface area (Å²) >= 11 is 3.41. The standard InChI is InChI=1S/C12H13BrO/c1-12(2)10(7-14)11(12)8-3-5-9(13)6-4-8/h3-7,10-11H,1-2H3. The Labute approximate surface area is 92.6 Å². The van der Waals surface area contributed by atoms with Crippen LogP contribution in [0, 0.1) is 11.3 Å². The first-order valence-corrected chi connectivity index (χ1v) is 5.57. The van der Waals surface area contributed by atoms with Crippen molar-refractivity contribution in [1.82, 2.24) is 0 Å². The monoisotopic (exact) mass is 252 g/mol. The molecule has 0 amide bonds. The van der Waals surface area contributed by atoms with E-state index in [0.29, 0.717) is 5.92 Å². The number of hydrogen-bond acceptors (Lipinski definition) is 1. The largest absolute Gasteiger partial charge is 0.303 e. The molecule has 1 aromatic rings. The van der Waals surface area contributed by atoms with Crippen molar-refractivity contribution >= 4 is 22.2 Å². The average Bonchev–Trinajstić information content (AvgIpc) is 2.69. The Morgan fingerprint density at radius 3 is 2.29 bits per heavy atom. The highest BCUT2D eigenvalue weighted by molar-refractivity contribution is 9.10. The molecule has 74 valence electrons. The molecular formula is C12H13BrO. The molecule has 1 fully saturated rings. The van der Waals surface area contributed by atoms with E-state index in [0.717, 1.165) is 10.8 Å². The molecule has 0 aromatic heterocycles. The molecular weight excluding hydrogens is 240 g/mol. The van der Waals surface area contributed by atoms with E-state index in [4.69, 9.17) is 0 Å². The van der Waals surface area contributed by atoms with Crippen LogP contribution in [-0.2, 0) is 4.79 Å². The van der Waals surface area contributed by atoms with Gasteiger partial charge in [-0.25, -0.2) is 0 Å². The Morgan fingerprint density at radius 1 is 1.29 bits per heavy atom. The number of halogens is 1. The smallest absolute Gasteiger partial charge is 0.124 e. The fourth-order valence-electron chi connectivity index (χ4n) is 2.24. The highest BCUT2D eigenvalue weighted by Crippen LogP contribution is 2.63. The first-order valence-electron chi connectivity index (χ1n) is 4.78. The van der Waals surface area contributed by atoms with Crippen LogP contribution in [0.4, 0.5) is 0 Å². The number of carbonyl (C=O) groups is 1. The van der Waals surface area contributed by atoms with Crippen molar-refractivity contribution < 1.29 is 4.79 Å². The molecule has 0 N–H and O–H groups in total. The van der Waals surface area contributed by atoms with E-state index in [1.807, 2.05) is 12.1 Å². The van der Waals surface area contributed by atoms with Crippen molar-refractivity contribution in [3.8, 4) is 0 Å². The summed E-state index contributed by atoms with van der Waals surface area (Å²) in [6.07, 6.45) is 1.09.